The fourth-order valence-electron chi connectivity index (χ4n) is 0.972. The molecule has 1 aromatic rings. The Bertz CT molecular complexity index is 388. The van der Waals surface area contributed by atoms with Gasteiger partial charge in [0.15, 0.2) is 0 Å². The molecule has 0 amide bonds. The van der Waals surface area contributed by atoms with Gasteiger partial charge in [0.25, 0.3) is 0 Å². The van der Waals surface area contributed by atoms with Gasteiger partial charge in [-0.3, -0.25) is 0 Å². The summed E-state index contributed by atoms with van der Waals surface area (Å²) in [5.74, 6) is 11.7. The maximum Gasteiger partial charge on any atom is 0.0255 e. The number of aryl methyl sites for hydroxylation is 1. The van der Waals surface area contributed by atoms with E-state index in [0.717, 1.165) is 18.4 Å². The quantitative estimate of drug-likeness (QED) is 0.585. The maximum absolute atomic E-state index is 3.01. The van der Waals surface area contributed by atoms with Crippen LogP contribution in [0.5, 0.6) is 0 Å². The van der Waals surface area contributed by atoms with E-state index in [9.17, 15) is 0 Å². The minimum Gasteiger partial charge on any atom is -0.0891 e. The molecule has 0 N–H and O–H groups in total. The van der Waals surface area contributed by atoms with Gasteiger partial charge in [0.05, 0.1) is 0 Å². The second-order valence-corrected chi connectivity index (χ2v) is 3.17. The molecule has 0 aromatic heterocycles. The maximum atomic E-state index is 3.01. The normalized spacial score (nSPS) is 8.14. The molecule has 0 spiro atoms. The summed E-state index contributed by atoms with van der Waals surface area (Å²) < 4.78 is 0. The van der Waals surface area contributed by atoms with Crippen molar-refractivity contribution in [2.75, 3.05) is 0 Å². The summed E-state index contributed by atoms with van der Waals surface area (Å²) in [6.07, 6.45) is 2.03. The minimum atomic E-state index is 0.933. The van der Waals surface area contributed by atoms with Crippen molar-refractivity contribution < 1.29 is 0 Å². The molecule has 0 bridgehead atoms. The fourth-order valence-corrected chi connectivity index (χ4v) is 0.972. The zero-order chi connectivity index (χ0) is 10.2. The van der Waals surface area contributed by atoms with Gasteiger partial charge >= 0.3 is 0 Å². The molecule has 14 heavy (non-hydrogen) atoms. The molecular weight excluding hydrogens is 168 g/mol. The average Bonchev–Trinajstić information content (AvgIpc) is 2.21. The predicted molar refractivity (Wildman–Crippen MR) is 60.7 cm³/mol. The van der Waals surface area contributed by atoms with Crippen molar-refractivity contribution in [3.05, 3.63) is 35.4 Å². The summed E-state index contributed by atoms with van der Waals surface area (Å²) in [5, 5.41) is 0. The summed E-state index contributed by atoms with van der Waals surface area (Å²) in [6.45, 7) is 4.18. The van der Waals surface area contributed by atoms with Crippen LogP contribution >= 0.6 is 0 Å². The lowest BCUT2D eigenvalue weighted by molar-refractivity contribution is 0.983. The smallest absolute Gasteiger partial charge is 0.0255 e. The Morgan fingerprint density at radius 1 is 1.07 bits per heavy atom. The Labute approximate surface area is 86.3 Å². The van der Waals surface area contributed by atoms with Crippen molar-refractivity contribution in [2.45, 2.75) is 26.7 Å². The Hall–Kier alpha value is -1.66. The van der Waals surface area contributed by atoms with Crippen LogP contribution in [-0.2, 0) is 0 Å². The summed E-state index contributed by atoms with van der Waals surface area (Å²) in [5.41, 5.74) is 2.29. The first-order valence-corrected chi connectivity index (χ1v) is 4.88. The zero-order valence-electron chi connectivity index (χ0n) is 8.72. The highest BCUT2D eigenvalue weighted by molar-refractivity contribution is 5.40. The molecule has 0 saturated heterocycles. The van der Waals surface area contributed by atoms with Crippen LogP contribution in [0, 0.1) is 30.6 Å². The van der Waals surface area contributed by atoms with Crippen LogP contribution in [0.3, 0.4) is 0 Å². The van der Waals surface area contributed by atoms with Crippen molar-refractivity contribution in [2.24, 2.45) is 0 Å². The summed E-state index contributed by atoms with van der Waals surface area (Å²) in [4.78, 5) is 0. The first kappa shape index (κ1) is 10.4. The third-order valence-corrected chi connectivity index (χ3v) is 1.78. The Kier molecular flexibility index (Phi) is 4.39. The van der Waals surface area contributed by atoms with Gasteiger partial charge in [0.2, 0.25) is 0 Å². The van der Waals surface area contributed by atoms with Gasteiger partial charge in [-0.05, 0) is 37.3 Å². The third-order valence-electron chi connectivity index (χ3n) is 1.78. The Morgan fingerprint density at radius 3 is 2.43 bits per heavy atom. The highest BCUT2D eigenvalue weighted by atomic mass is 13.9. The van der Waals surface area contributed by atoms with Gasteiger partial charge in [-0.1, -0.05) is 36.5 Å². The highest BCUT2D eigenvalue weighted by Gasteiger charge is 1.84. The molecule has 0 fully saturated rings. The van der Waals surface area contributed by atoms with Crippen LogP contribution < -0.4 is 0 Å². The second kappa shape index (κ2) is 5.90. The van der Waals surface area contributed by atoms with Crippen LogP contribution in [0.2, 0.25) is 0 Å². The van der Waals surface area contributed by atoms with Gasteiger partial charge < -0.3 is 0 Å². The van der Waals surface area contributed by atoms with Gasteiger partial charge in [-0.25, -0.2) is 0 Å². The first-order valence-electron chi connectivity index (χ1n) is 4.88. The molecule has 0 heterocycles. The molecular formula is C14H14. The number of hydrogen-bond donors (Lipinski definition) is 0. The predicted octanol–water partition coefficient (Wildman–Crippen LogP) is 3.15. The van der Waals surface area contributed by atoms with Crippen LogP contribution in [0.15, 0.2) is 24.3 Å². The van der Waals surface area contributed by atoms with E-state index >= 15 is 0 Å². The van der Waals surface area contributed by atoms with Crippen molar-refractivity contribution in [1.82, 2.24) is 0 Å². The summed E-state index contributed by atoms with van der Waals surface area (Å²) in [6, 6.07) is 8.15. The molecule has 0 aliphatic carbocycles. The molecule has 70 valence electrons. The molecule has 0 nitrogen and oxygen atoms in total. The van der Waals surface area contributed by atoms with E-state index in [1.165, 1.54) is 5.56 Å². The van der Waals surface area contributed by atoms with Crippen LogP contribution in [0.1, 0.15) is 30.9 Å². The number of rotatable bonds is 1. The number of benzene rings is 1. The Balaban J connectivity index is 2.61. The van der Waals surface area contributed by atoms with Crippen LogP contribution in [0.4, 0.5) is 0 Å². The second-order valence-electron chi connectivity index (χ2n) is 3.17. The van der Waals surface area contributed by atoms with E-state index in [1.54, 1.807) is 0 Å². The molecule has 0 aliphatic heterocycles. The van der Waals surface area contributed by atoms with Gasteiger partial charge in [0, 0.05) is 12.0 Å². The van der Waals surface area contributed by atoms with Crippen molar-refractivity contribution in [1.29, 1.82) is 0 Å². The molecule has 1 rings (SSSR count). The summed E-state index contributed by atoms with van der Waals surface area (Å²) >= 11 is 0. The fraction of sp³-hybridized carbons (Fsp3) is 0.286. The van der Waals surface area contributed by atoms with E-state index < -0.39 is 0 Å². The van der Waals surface area contributed by atoms with Crippen molar-refractivity contribution in [3.63, 3.8) is 0 Å². The molecule has 0 saturated carbocycles. The van der Waals surface area contributed by atoms with E-state index in [0.29, 0.717) is 0 Å². The molecule has 0 unspecified atom stereocenters. The Morgan fingerprint density at radius 2 is 1.79 bits per heavy atom. The van der Waals surface area contributed by atoms with Crippen LogP contribution in [0.25, 0.3) is 0 Å². The minimum absolute atomic E-state index is 0.933. The largest absolute Gasteiger partial charge is 0.0891 e. The van der Waals surface area contributed by atoms with Gasteiger partial charge in [-0.2, -0.15) is 0 Å². The van der Waals surface area contributed by atoms with Crippen molar-refractivity contribution in [3.8, 4) is 23.7 Å². The SMILES string of the molecule is CCCC#CC#Cc1ccc(C)cc1. The zero-order valence-corrected chi connectivity index (χ0v) is 8.72. The van der Waals surface area contributed by atoms with Gasteiger partial charge in [0.1, 0.15) is 0 Å². The van der Waals surface area contributed by atoms with E-state index in [2.05, 4.69) is 49.7 Å². The monoisotopic (exact) mass is 182 g/mol. The molecule has 0 heteroatoms. The first-order chi connectivity index (χ1) is 6.83. The lowest BCUT2D eigenvalue weighted by atomic mass is 10.2. The van der Waals surface area contributed by atoms with Crippen molar-refractivity contribution >= 4 is 0 Å². The van der Waals surface area contributed by atoms with E-state index in [4.69, 9.17) is 0 Å². The molecule has 0 radical (unpaired) electrons. The lowest BCUT2D eigenvalue weighted by Gasteiger charge is -1.90. The molecule has 0 aliphatic rings. The standard InChI is InChI=1S/C14H14/c1-3-4-5-6-7-8-14-11-9-13(2)10-12-14/h9-12H,3-4H2,1-2H3. The highest BCUT2D eigenvalue weighted by Crippen LogP contribution is 2.00. The van der Waals surface area contributed by atoms with E-state index in [-0.39, 0.29) is 0 Å². The molecule has 0 atom stereocenters. The molecule has 1 aromatic carbocycles. The average molecular weight is 182 g/mol. The topological polar surface area (TPSA) is 0 Å². The lowest BCUT2D eigenvalue weighted by Crippen LogP contribution is -1.74. The number of hydrogen-bond acceptors (Lipinski definition) is 0. The third kappa shape index (κ3) is 3.83. The van der Waals surface area contributed by atoms with E-state index in [1.807, 2.05) is 12.1 Å². The van der Waals surface area contributed by atoms with Crippen LogP contribution in [-0.4, -0.2) is 0 Å². The summed E-state index contributed by atoms with van der Waals surface area (Å²) in [7, 11) is 0. The van der Waals surface area contributed by atoms with Gasteiger partial charge in [-0.15, -0.1) is 0 Å². The number of unbranched alkanes of at least 4 members (excludes halogenated alkanes) is 1.